The summed E-state index contributed by atoms with van der Waals surface area (Å²) in [6.45, 7) is 1.68. The number of nitrogens with zero attached hydrogens (tertiary/aromatic N) is 2. The third-order valence-corrected chi connectivity index (χ3v) is 3.01. The average molecular weight is 237 g/mol. The maximum Gasteiger partial charge on any atom is 0.228 e. The van der Waals surface area contributed by atoms with Crippen LogP contribution in [0.3, 0.4) is 0 Å². The molecule has 92 valence electrons. The van der Waals surface area contributed by atoms with Gasteiger partial charge in [0.2, 0.25) is 5.91 Å². The molecular formula is C12H16FN3O. The van der Waals surface area contributed by atoms with Gasteiger partial charge in [-0.25, -0.2) is 4.39 Å². The molecule has 17 heavy (non-hydrogen) atoms. The summed E-state index contributed by atoms with van der Waals surface area (Å²) in [4.78, 5) is 15.3. The van der Waals surface area contributed by atoms with Gasteiger partial charge in [0, 0.05) is 33.1 Å². The Bertz CT molecular complexity index is 436. The number of nitrogens with two attached hydrogens (primary N) is 1. The Morgan fingerprint density at radius 3 is 2.88 bits per heavy atom. The van der Waals surface area contributed by atoms with Crippen LogP contribution in [-0.4, -0.2) is 32.6 Å². The molecule has 0 fully saturated rings. The zero-order chi connectivity index (χ0) is 12.4. The van der Waals surface area contributed by atoms with Crippen LogP contribution in [0.15, 0.2) is 18.2 Å². The molecule has 2 rings (SSSR count). The molecule has 1 aliphatic heterocycles. The van der Waals surface area contributed by atoms with Crippen LogP contribution in [0.5, 0.6) is 0 Å². The van der Waals surface area contributed by atoms with E-state index in [0.29, 0.717) is 26.1 Å². The van der Waals surface area contributed by atoms with Crippen LogP contribution < -0.4 is 15.5 Å². The molecule has 4 nitrogen and oxygen atoms in total. The Morgan fingerprint density at radius 1 is 1.41 bits per heavy atom. The summed E-state index contributed by atoms with van der Waals surface area (Å²) >= 11 is 0. The molecule has 0 unspecified atom stereocenters. The summed E-state index contributed by atoms with van der Waals surface area (Å²) in [5, 5.41) is 0. The van der Waals surface area contributed by atoms with Crippen LogP contribution in [0.1, 0.15) is 6.42 Å². The molecule has 1 heterocycles. The zero-order valence-corrected chi connectivity index (χ0v) is 9.82. The fraction of sp³-hybridized carbons (Fsp3) is 0.417. The van der Waals surface area contributed by atoms with E-state index < -0.39 is 0 Å². The Labute approximate surface area is 99.8 Å². The highest BCUT2D eigenvalue weighted by molar-refractivity contribution is 5.98. The monoisotopic (exact) mass is 237 g/mol. The molecule has 0 spiro atoms. The van der Waals surface area contributed by atoms with Crippen molar-refractivity contribution in [1.29, 1.82) is 0 Å². The van der Waals surface area contributed by atoms with E-state index in [-0.39, 0.29) is 11.7 Å². The number of anilines is 2. The van der Waals surface area contributed by atoms with E-state index >= 15 is 0 Å². The van der Waals surface area contributed by atoms with E-state index in [2.05, 4.69) is 0 Å². The van der Waals surface area contributed by atoms with Gasteiger partial charge in [-0.2, -0.15) is 0 Å². The molecular weight excluding hydrogens is 221 g/mol. The molecule has 5 heteroatoms. The first-order valence-corrected chi connectivity index (χ1v) is 5.64. The summed E-state index contributed by atoms with van der Waals surface area (Å²) in [5.74, 6) is -0.258. The van der Waals surface area contributed by atoms with Crippen molar-refractivity contribution in [2.24, 2.45) is 5.73 Å². The second kappa shape index (κ2) is 4.71. The van der Waals surface area contributed by atoms with Crippen LogP contribution in [0.2, 0.25) is 0 Å². The fourth-order valence-corrected chi connectivity index (χ4v) is 2.07. The predicted octanol–water partition coefficient (Wildman–Crippen LogP) is 0.957. The van der Waals surface area contributed by atoms with Gasteiger partial charge < -0.3 is 15.5 Å². The SMILES string of the molecule is CN1C(=O)CCN(CCN)c2cc(F)ccc21. The molecule has 0 atom stereocenters. The minimum atomic E-state index is -0.298. The number of hydrogen-bond acceptors (Lipinski definition) is 3. The van der Waals surface area contributed by atoms with Crippen LogP contribution >= 0.6 is 0 Å². The molecule has 0 aromatic heterocycles. The van der Waals surface area contributed by atoms with Gasteiger partial charge in [0.1, 0.15) is 5.82 Å². The average Bonchev–Trinajstić information content (AvgIpc) is 2.42. The van der Waals surface area contributed by atoms with Crippen molar-refractivity contribution in [2.75, 3.05) is 36.5 Å². The van der Waals surface area contributed by atoms with E-state index in [4.69, 9.17) is 5.73 Å². The molecule has 1 aromatic rings. The Hall–Kier alpha value is -1.62. The summed E-state index contributed by atoms with van der Waals surface area (Å²) in [5.41, 5.74) is 7.02. The van der Waals surface area contributed by atoms with Crippen LogP contribution in [0, 0.1) is 5.82 Å². The quantitative estimate of drug-likeness (QED) is 0.833. The van der Waals surface area contributed by atoms with Gasteiger partial charge in [0.25, 0.3) is 0 Å². The number of hydrogen-bond donors (Lipinski definition) is 1. The van der Waals surface area contributed by atoms with E-state index in [1.54, 1.807) is 18.0 Å². The molecule has 1 amide bonds. The molecule has 0 saturated carbocycles. The lowest BCUT2D eigenvalue weighted by atomic mass is 10.2. The first-order chi connectivity index (χ1) is 8.13. The van der Waals surface area contributed by atoms with Crippen molar-refractivity contribution in [3.8, 4) is 0 Å². The van der Waals surface area contributed by atoms with Gasteiger partial charge in [-0.1, -0.05) is 0 Å². The van der Waals surface area contributed by atoms with Crippen LogP contribution in [0.25, 0.3) is 0 Å². The Morgan fingerprint density at radius 2 is 2.18 bits per heavy atom. The molecule has 0 saturated heterocycles. The molecule has 1 aromatic carbocycles. The first-order valence-electron chi connectivity index (χ1n) is 5.64. The normalized spacial score (nSPS) is 15.8. The number of carbonyl (C=O) groups excluding carboxylic acids is 1. The molecule has 1 aliphatic rings. The second-order valence-electron chi connectivity index (χ2n) is 4.11. The highest BCUT2D eigenvalue weighted by Gasteiger charge is 2.23. The van der Waals surface area contributed by atoms with Crippen LogP contribution in [-0.2, 0) is 4.79 Å². The van der Waals surface area contributed by atoms with Gasteiger partial charge in [0.05, 0.1) is 11.4 Å². The molecule has 0 aliphatic carbocycles. The standard InChI is InChI=1S/C12H16FN3O/c1-15-10-3-2-9(13)8-11(10)16(7-5-14)6-4-12(15)17/h2-3,8H,4-7,14H2,1H3. The molecule has 2 N–H and O–H groups in total. The van der Waals surface area contributed by atoms with Gasteiger partial charge in [-0.15, -0.1) is 0 Å². The Kier molecular flexibility index (Phi) is 3.28. The topological polar surface area (TPSA) is 49.6 Å². The summed E-state index contributed by atoms with van der Waals surface area (Å²) in [6, 6.07) is 4.46. The van der Waals surface area contributed by atoms with E-state index in [1.165, 1.54) is 12.1 Å². The predicted molar refractivity (Wildman–Crippen MR) is 65.7 cm³/mol. The van der Waals surface area contributed by atoms with Crippen molar-refractivity contribution in [3.05, 3.63) is 24.0 Å². The van der Waals surface area contributed by atoms with Gasteiger partial charge in [0.15, 0.2) is 0 Å². The lowest BCUT2D eigenvalue weighted by Gasteiger charge is -2.24. The summed E-state index contributed by atoms with van der Waals surface area (Å²) < 4.78 is 13.3. The van der Waals surface area contributed by atoms with Gasteiger partial charge in [-0.3, -0.25) is 4.79 Å². The minimum Gasteiger partial charge on any atom is -0.368 e. The maximum absolute atomic E-state index is 13.3. The minimum absolute atomic E-state index is 0.0392. The number of halogens is 1. The number of benzene rings is 1. The van der Waals surface area contributed by atoms with Gasteiger partial charge >= 0.3 is 0 Å². The van der Waals surface area contributed by atoms with Crippen molar-refractivity contribution in [1.82, 2.24) is 0 Å². The van der Waals surface area contributed by atoms with Crippen LogP contribution in [0.4, 0.5) is 15.8 Å². The number of amides is 1. The van der Waals surface area contributed by atoms with E-state index in [9.17, 15) is 9.18 Å². The zero-order valence-electron chi connectivity index (χ0n) is 9.82. The third kappa shape index (κ3) is 2.24. The first kappa shape index (κ1) is 11.9. The summed E-state index contributed by atoms with van der Waals surface area (Å²) in [6.07, 6.45) is 0.423. The van der Waals surface area contributed by atoms with Crippen molar-refractivity contribution >= 4 is 17.3 Å². The summed E-state index contributed by atoms with van der Waals surface area (Å²) in [7, 11) is 1.71. The fourth-order valence-electron chi connectivity index (χ4n) is 2.07. The smallest absolute Gasteiger partial charge is 0.228 e. The lowest BCUT2D eigenvalue weighted by molar-refractivity contribution is -0.118. The largest absolute Gasteiger partial charge is 0.368 e. The maximum atomic E-state index is 13.3. The van der Waals surface area contributed by atoms with E-state index in [0.717, 1.165) is 11.4 Å². The molecule has 0 bridgehead atoms. The van der Waals surface area contributed by atoms with Crippen molar-refractivity contribution in [3.63, 3.8) is 0 Å². The van der Waals surface area contributed by atoms with Crippen molar-refractivity contribution < 1.29 is 9.18 Å². The number of rotatable bonds is 2. The third-order valence-electron chi connectivity index (χ3n) is 3.01. The Balaban J connectivity index is 2.47. The lowest BCUT2D eigenvalue weighted by Crippen LogP contribution is -2.30. The second-order valence-corrected chi connectivity index (χ2v) is 4.11. The highest BCUT2D eigenvalue weighted by Crippen LogP contribution is 2.32. The molecule has 0 radical (unpaired) electrons. The van der Waals surface area contributed by atoms with E-state index in [1.807, 2.05) is 4.90 Å². The van der Waals surface area contributed by atoms with Gasteiger partial charge in [-0.05, 0) is 18.2 Å². The number of fused-ring (bicyclic) bond motifs is 1. The van der Waals surface area contributed by atoms with Crippen molar-refractivity contribution in [2.45, 2.75) is 6.42 Å². The highest BCUT2D eigenvalue weighted by atomic mass is 19.1. The number of carbonyl (C=O) groups is 1.